The van der Waals surface area contributed by atoms with Gasteiger partial charge in [0.05, 0.1) is 12.2 Å². The second-order valence-electron chi connectivity index (χ2n) is 6.06. The molecule has 26 heavy (non-hydrogen) atoms. The van der Waals surface area contributed by atoms with Crippen molar-refractivity contribution in [2.24, 2.45) is 0 Å². The molecule has 1 N–H and O–H groups in total. The van der Waals surface area contributed by atoms with Crippen LogP contribution in [0.25, 0.3) is 22.3 Å². The van der Waals surface area contributed by atoms with Crippen molar-refractivity contribution in [1.82, 2.24) is 0 Å². The summed E-state index contributed by atoms with van der Waals surface area (Å²) in [6.45, 7) is 0.449. The standard InChI is InChI=1S/C23H22O3/c24-16-6-7-17-26-23(25)20-14-12-19(13-15-20)22-11-5-4-10-21(22)18-8-2-1-3-9-18/h1-5,8-15,24H,6-7,16-17H2. The van der Waals surface area contributed by atoms with Crippen LogP contribution >= 0.6 is 0 Å². The van der Waals surface area contributed by atoms with Crippen molar-refractivity contribution >= 4 is 5.97 Å². The highest BCUT2D eigenvalue weighted by molar-refractivity contribution is 5.91. The summed E-state index contributed by atoms with van der Waals surface area (Å²) in [5.74, 6) is -0.328. The van der Waals surface area contributed by atoms with Crippen LogP contribution in [0, 0.1) is 0 Å². The van der Waals surface area contributed by atoms with E-state index >= 15 is 0 Å². The van der Waals surface area contributed by atoms with Gasteiger partial charge in [-0.2, -0.15) is 0 Å². The highest BCUT2D eigenvalue weighted by atomic mass is 16.5. The summed E-state index contributed by atoms with van der Waals surface area (Å²) in [4.78, 5) is 12.1. The van der Waals surface area contributed by atoms with Crippen molar-refractivity contribution in [3.63, 3.8) is 0 Å². The van der Waals surface area contributed by atoms with E-state index in [2.05, 4.69) is 24.3 Å². The molecule has 0 aliphatic carbocycles. The molecule has 0 saturated heterocycles. The molecule has 3 heteroatoms. The molecule has 0 aromatic heterocycles. The number of aliphatic hydroxyl groups is 1. The van der Waals surface area contributed by atoms with Gasteiger partial charge in [-0.25, -0.2) is 4.79 Å². The molecule has 0 unspecified atom stereocenters. The third-order valence-corrected chi connectivity index (χ3v) is 4.23. The lowest BCUT2D eigenvalue weighted by molar-refractivity contribution is 0.0492. The van der Waals surface area contributed by atoms with E-state index in [1.807, 2.05) is 42.5 Å². The van der Waals surface area contributed by atoms with E-state index in [-0.39, 0.29) is 12.6 Å². The van der Waals surface area contributed by atoms with Gasteiger partial charge in [-0.3, -0.25) is 0 Å². The Morgan fingerprint density at radius 2 is 1.31 bits per heavy atom. The zero-order valence-electron chi connectivity index (χ0n) is 14.6. The van der Waals surface area contributed by atoms with E-state index in [9.17, 15) is 4.79 Å². The summed E-state index contributed by atoms with van der Waals surface area (Å²) < 4.78 is 5.22. The Bertz CT molecular complexity index is 839. The molecule has 3 nitrogen and oxygen atoms in total. The van der Waals surface area contributed by atoms with E-state index in [0.29, 0.717) is 25.0 Å². The molecule has 0 spiro atoms. The minimum atomic E-state index is -0.328. The van der Waals surface area contributed by atoms with Crippen molar-refractivity contribution in [3.8, 4) is 22.3 Å². The Morgan fingerprint density at radius 1 is 0.731 bits per heavy atom. The number of hydrogen-bond donors (Lipinski definition) is 1. The SMILES string of the molecule is O=C(OCCCCO)c1ccc(-c2ccccc2-c2ccccc2)cc1. The molecular weight excluding hydrogens is 324 g/mol. The van der Waals surface area contributed by atoms with Crippen molar-refractivity contribution < 1.29 is 14.6 Å². The number of hydrogen-bond acceptors (Lipinski definition) is 3. The Labute approximate surface area is 153 Å². The van der Waals surface area contributed by atoms with Gasteiger partial charge in [0.25, 0.3) is 0 Å². The Morgan fingerprint density at radius 3 is 1.92 bits per heavy atom. The van der Waals surface area contributed by atoms with Gasteiger partial charge in [0.15, 0.2) is 0 Å². The first kappa shape index (κ1) is 17.9. The smallest absolute Gasteiger partial charge is 0.338 e. The average molecular weight is 346 g/mol. The lowest BCUT2D eigenvalue weighted by Crippen LogP contribution is -2.06. The molecule has 0 atom stereocenters. The highest BCUT2D eigenvalue weighted by Crippen LogP contribution is 2.31. The van der Waals surface area contributed by atoms with Crippen molar-refractivity contribution in [3.05, 3.63) is 84.4 Å². The van der Waals surface area contributed by atoms with E-state index in [4.69, 9.17) is 9.84 Å². The van der Waals surface area contributed by atoms with Gasteiger partial charge in [-0.05, 0) is 47.2 Å². The summed E-state index contributed by atoms with van der Waals surface area (Å²) >= 11 is 0. The molecule has 0 fully saturated rings. The number of carbonyl (C=O) groups excluding carboxylic acids is 1. The molecule has 0 bridgehead atoms. The summed E-state index contributed by atoms with van der Waals surface area (Å²) in [6, 6.07) is 26.0. The molecule has 0 saturated carbocycles. The van der Waals surface area contributed by atoms with Crippen LogP contribution in [0.5, 0.6) is 0 Å². The van der Waals surface area contributed by atoms with Crippen molar-refractivity contribution in [2.45, 2.75) is 12.8 Å². The largest absolute Gasteiger partial charge is 0.462 e. The van der Waals surface area contributed by atoms with Gasteiger partial charge in [-0.1, -0.05) is 66.7 Å². The number of rotatable bonds is 7. The van der Waals surface area contributed by atoms with E-state index in [1.165, 1.54) is 0 Å². The van der Waals surface area contributed by atoms with Gasteiger partial charge in [-0.15, -0.1) is 0 Å². The van der Waals surface area contributed by atoms with Crippen LogP contribution in [0.4, 0.5) is 0 Å². The van der Waals surface area contributed by atoms with Crippen LogP contribution in [0.15, 0.2) is 78.9 Å². The van der Waals surface area contributed by atoms with Crippen LogP contribution in [-0.4, -0.2) is 24.3 Å². The fourth-order valence-electron chi connectivity index (χ4n) is 2.85. The average Bonchev–Trinajstić information content (AvgIpc) is 2.72. The number of unbranched alkanes of at least 4 members (excludes halogenated alkanes) is 1. The minimum Gasteiger partial charge on any atom is -0.462 e. The summed E-state index contributed by atoms with van der Waals surface area (Å²) in [5.41, 5.74) is 5.04. The van der Waals surface area contributed by atoms with Crippen LogP contribution in [0.3, 0.4) is 0 Å². The van der Waals surface area contributed by atoms with Crippen LogP contribution in [-0.2, 0) is 4.74 Å². The van der Waals surface area contributed by atoms with Crippen molar-refractivity contribution in [1.29, 1.82) is 0 Å². The van der Waals surface area contributed by atoms with Crippen LogP contribution in [0.2, 0.25) is 0 Å². The topological polar surface area (TPSA) is 46.5 Å². The first-order valence-corrected chi connectivity index (χ1v) is 8.82. The fourth-order valence-corrected chi connectivity index (χ4v) is 2.85. The highest BCUT2D eigenvalue weighted by Gasteiger charge is 2.10. The normalized spacial score (nSPS) is 10.5. The molecule has 3 rings (SSSR count). The third-order valence-electron chi connectivity index (χ3n) is 4.23. The van der Waals surface area contributed by atoms with Gasteiger partial charge >= 0.3 is 5.97 Å². The number of benzene rings is 3. The zero-order chi connectivity index (χ0) is 18.2. The Kier molecular flexibility index (Phi) is 6.18. The van der Waals surface area contributed by atoms with E-state index in [1.54, 1.807) is 12.1 Å². The molecule has 0 aliphatic heterocycles. The third kappa shape index (κ3) is 4.38. The maximum Gasteiger partial charge on any atom is 0.338 e. The summed E-state index contributed by atoms with van der Waals surface area (Å²) in [5, 5.41) is 8.75. The molecule has 0 aliphatic rings. The van der Waals surface area contributed by atoms with Crippen molar-refractivity contribution in [2.75, 3.05) is 13.2 Å². The number of carbonyl (C=O) groups is 1. The maximum atomic E-state index is 12.1. The zero-order valence-corrected chi connectivity index (χ0v) is 14.6. The fraction of sp³-hybridized carbons (Fsp3) is 0.174. The molecule has 0 radical (unpaired) electrons. The lowest BCUT2D eigenvalue weighted by atomic mass is 9.94. The Hall–Kier alpha value is -2.91. The van der Waals surface area contributed by atoms with E-state index < -0.39 is 0 Å². The van der Waals surface area contributed by atoms with Crippen LogP contribution in [0.1, 0.15) is 23.2 Å². The van der Waals surface area contributed by atoms with E-state index in [0.717, 1.165) is 22.3 Å². The van der Waals surface area contributed by atoms with Crippen LogP contribution < -0.4 is 0 Å². The molecule has 3 aromatic carbocycles. The van der Waals surface area contributed by atoms with Gasteiger partial charge in [0, 0.05) is 6.61 Å². The Balaban J connectivity index is 1.78. The number of esters is 1. The lowest BCUT2D eigenvalue weighted by Gasteiger charge is -2.11. The predicted molar refractivity (Wildman–Crippen MR) is 104 cm³/mol. The predicted octanol–water partition coefficient (Wildman–Crippen LogP) is 4.95. The van der Waals surface area contributed by atoms with Gasteiger partial charge < -0.3 is 9.84 Å². The molecule has 132 valence electrons. The van der Waals surface area contributed by atoms with Gasteiger partial charge in [0.1, 0.15) is 0 Å². The molecular formula is C23H22O3. The second-order valence-corrected chi connectivity index (χ2v) is 6.06. The quantitative estimate of drug-likeness (QED) is 0.486. The minimum absolute atomic E-state index is 0.118. The molecule has 3 aromatic rings. The first-order chi connectivity index (χ1) is 12.8. The summed E-state index contributed by atoms with van der Waals surface area (Å²) in [6.07, 6.45) is 1.31. The first-order valence-electron chi connectivity index (χ1n) is 8.82. The number of aliphatic hydroxyl groups excluding tert-OH is 1. The number of ether oxygens (including phenoxy) is 1. The monoisotopic (exact) mass is 346 g/mol. The molecule has 0 heterocycles. The second kappa shape index (κ2) is 8.97. The summed E-state index contributed by atoms with van der Waals surface area (Å²) in [7, 11) is 0. The molecule has 0 amide bonds. The van der Waals surface area contributed by atoms with Gasteiger partial charge in [0.2, 0.25) is 0 Å². The maximum absolute atomic E-state index is 12.1.